The second-order valence-electron chi connectivity index (χ2n) is 4.54. The third-order valence-electron chi connectivity index (χ3n) is 3.48. The average Bonchev–Trinajstić information content (AvgIpc) is 2.47. The van der Waals surface area contributed by atoms with Gasteiger partial charge in [-0.3, -0.25) is 0 Å². The van der Waals surface area contributed by atoms with Crippen LogP contribution in [0.5, 0.6) is 0 Å². The summed E-state index contributed by atoms with van der Waals surface area (Å²) >= 11 is 3.46. The van der Waals surface area contributed by atoms with E-state index in [0.29, 0.717) is 13.0 Å². The van der Waals surface area contributed by atoms with Gasteiger partial charge < -0.3 is 5.73 Å². The molecular formula is C17H16BrN. The fourth-order valence-electron chi connectivity index (χ4n) is 2.38. The van der Waals surface area contributed by atoms with Crippen LogP contribution in [-0.2, 0) is 5.41 Å². The molecule has 0 saturated heterocycles. The Hall–Kier alpha value is -1.56. The number of hydrogen-bond acceptors (Lipinski definition) is 1. The summed E-state index contributed by atoms with van der Waals surface area (Å²) in [5.41, 5.74) is 8.10. The molecule has 2 aromatic rings. The molecule has 0 aliphatic heterocycles. The second-order valence-corrected chi connectivity index (χ2v) is 5.46. The van der Waals surface area contributed by atoms with Gasteiger partial charge >= 0.3 is 0 Å². The molecule has 2 rings (SSSR count). The Morgan fingerprint density at radius 3 is 2.11 bits per heavy atom. The third kappa shape index (κ3) is 2.73. The van der Waals surface area contributed by atoms with Gasteiger partial charge in [-0.15, -0.1) is 12.3 Å². The Morgan fingerprint density at radius 2 is 1.58 bits per heavy atom. The fraction of sp³-hybridized carbons (Fsp3) is 0.176. The molecule has 1 atom stereocenters. The van der Waals surface area contributed by atoms with Crippen LogP contribution in [0.4, 0.5) is 0 Å². The number of rotatable bonds is 4. The van der Waals surface area contributed by atoms with E-state index in [1.165, 1.54) is 0 Å². The lowest BCUT2D eigenvalue weighted by molar-refractivity contribution is 0.541. The van der Waals surface area contributed by atoms with Gasteiger partial charge in [-0.2, -0.15) is 0 Å². The van der Waals surface area contributed by atoms with Crippen LogP contribution in [0.15, 0.2) is 59.1 Å². The van der Waals surface area contributed by atoms with E-state index in [1.807, 2.05) is 30.3 Å². The molecule has 0 aliphatic carbocycles. The molecule has 0 aromatic heterocycles. The molecule has 0 fully saturated rings. The topological polar surface area (TPSA) is 26.0 Å². The van der Waals surface area contributed by atoms with Gasteiger partial charge in [-0.1, -0.05) is 58.4 Å². The van der Waals surface area contributed by atoms with Crippen LogP contribution in [-0.4, -0.2) is 6.54 Å². The Bertz CT molecular complexity index is 568. The van der Waals surface area contributed by atoms with Gasteiger partial charge in [-0.05, 0) is 23.3 Å². The van der Waals surface area contributed by atoms with E-state index < -0.39 is 0 Å². The lowest BCUT2D eigenvalue weighted by atomic mass is 9.72. The maximum atomic E-state index is 6.09. The van der Waals surface area contributed by atoms with Crippen molar-refractivity contribution in [1.29, 1.82) is 0 Å². The van der Waals surface area contributed by atoms with Crippen molar-refractivity contribution >= 4 is 15.9 Å². The van der Waals surface area contributed by atoms with E-state index in [-0.39, 0.29) is 5.41 Å². The van der Waals surface area contributed by atoms with Crippen LogP contribution in [0, 0.1) is 12.3 Å². The van der Waals surface area contributed by atoms with Crippen molar-refractivity contribution in [2.75, 3.05) is 6.54 Å². The minimum Gasteiger partial charge on any atom is -0.329 e. The standard InChI is InChI=1S/C17H16BrN/c1-2-12-17(13-19,14-6-4-3-5-7-14)15-8-10-16(18)11-9-15/h1,3-11H,12-13,19H2. The van der Waals surface area contributed by atoms with E-state index >= 15 is 0 Å². The van der Waals surface area contributed by atoms with Gasteiger partial charge in [0.05, 0.1) is 0 Å². The molecule has 1 unspecified atom stereocenters. The molecule has 0 amide bonds. The minimum atomic E-state index is -0.309. The van der Waals surface area contributed by atoms with Crippen LogP contribution in [0.2, 0.25) is 0 Å². The van der Waals surface area contributed by atoms with Crippen LogP contribution in [0.3, 0.4) is 0 Å². The van der Waals surface area contributed by atoms with Gasteiger partial charge in [0.15, 0.2) is 0 Å². The molecule has 2 aromatic carbocycles. The molecular weight excluding hydrogens is 298 g/mol. The van der Waals surface area contributed by atoms with E-state index in [4.69, 9.17) is 12.2 Å². The molecule has 0 saturated carbocycles. The first kappa shape index (κ1) is 13.9. The maximum Gasteiger partial charge on any atom is 0.0433 e. The highest BCUT2D eigenvalue weighted by Crippen LogP contribution is 2.35. The van der Waals surface area contributed by atoms with Crippen LogP contribution < -0.4 is 5.73 Å². The predicted molar refractivity (Wildman–Crippen MR) is 83.9 cm³/mol. The summed E-state index contributed by atoms with van der Waals surface area (Å²) in [6.07, 6.45) is 6.17. The van der Waals surface area contributed by atoms with E-state index in [0.717, 1.165) is 15.6 Å². The van der Waals surface area contributed by atoms with Crippen molar-refractivity contribution in [1.82, 2.24) is 0 Å². The van der Waals surface area contributed by atoms with E-state index in [1.54, 1.807) is 0 Å². The summed E-state index contributed by atoms with van der Waals surface area (Å²) in [7, 11) is 0. The lowest BCUT2D eigenvalue weighted by Crippen LogP contribution is -2.36. The van der Waals surface area contributed by atoms with Crippen molar-refractivity contribution in [2.24, 2.45) is 5.73 Å². The summed E-state index contributed by atoms with van der Waals surface area (Å²) in [5, 5.41) is 0. The van der Waals surface area contributed by atoms with E-state index in [2.05, 4.69) is 46.1 Å². The highest BCUT2D eigenvalue weighted by Gasteiger charge is 2.31. The lowest BCUT2D eigenvalue weighted by Gasteiger charge is -2.32. The van der Waals surface area contributed by atoms with Crippen molar-refractivity contribution in [3.05, 3.63) is 70.2 Å². The number of terminal acetylenes is 1. The maximum absolute atomic E-state index is 6.09. The first-order valence-corrected chi connectivity index (χ1v) is 6.97. The first-order chi connectivity index (χ1) is 9.23. The summed E-state index contributed by atoms with van der Waals surface area (Å²) < 4.78 is 1.05. The zero-order valence-corrected chi connectivity index (χ0v) is 12.2. The van der Waals surface area contributed by atoms with Gasteiger partial charge in [-0.25, -0.2) is 0 Å². The van der Waals surface area contributed by atoms with Crippen LogP contribution in [0.1, 0.15) is 17.5 Å². The molecule has 2 N–H and O–H groups in total. The summed E-state index contributed by atoms with van der Waals surface area (Å²) in [6, 6.07) is 18.5. The van der Waals surface area contributed by atoms with Gasteiger partial charge in [0.2, 0.25) is 0 Å². The summed E-state index contributed by atoms with van der Waals surface area (Å²) in [5.74, 6) is 2.78. The smallest absolute Gasteiger partial charge is 0.0433 e. The van der Waals surface area contributed by atoms with Gasteiger partial charge in [0, 0.05) is 22.9 Å². The Kier molecular flexibility index (Phi) is 4.42. The molecule has 0 heterocycles. The summed E-state index contributed by atoms with van der Waals surface area (Å²) in [6.45, 7) is 0.489. The third-order valence-corrected chi connectivity index (χ3v) is 4.00. The predicted octanol–water partition coefficient (Wildman–Crippen LogP) is 3.72. The fourth-order valence-corrected chi connectivity index (χ4v) is 2.64. The Morgan fingerprint density at radius 1 is 1.00 bits per heavy atom. The molecule has 0 bridgehead atoms. The highest BCUT2D eigenvalue weighted by molar-refractivity contribution is 9.10. The van der Waals surface area contributed by atoms with Gasteiger partial charge in [0.25, 0.3) is 0 Å². The van der Waals surface area contributed by atoms with Crippen molar-refractivity contribution in [2.45, 2.75) is 11.8 Å². The first-order valence-electron chi connectivity index (χ1n) is 6.18. The molecule has 0 aliphatic rings. The number of hydrogen-bond donors (Lipinski definition) is 1. The van der Waals surface area contributed by atoms with Gasteiger partial charge in [0.1, 0.15) is 0 Å². The number of nitrogens with two attached hydrogens (primary N) is 1. The van der Waals surface area contributed by atoms with Crippen molar-refractivity contribution in [3.63, 3.8) is 0 Å². The highest BCUT2D eigenvalue weighted by atomic mass is 79.9. The van der Waals surface area contributed by atoms with Crippen LogP contribution >= 0.6 is 15.9 Å². The minimum absolute atomic E-state index is 0.309. The number of halogens is 1. The Labute approximate surface area is 123 Å². The average molecular weight is 314 g/mol. The zero-order chi connectivity index (χ0) is 13.7. The molecule has 96 valence electrons. The van der Waals surface area contributed by atoms with Crippen LogP contribution in [0.25, 0.3) is 0 Å². The monoisotopic (exact) mass is 313 g/mol. The zero-order valence-electron chi connectivity index (χ0n) is 10.6. The second kappa shape index (κ2) is 6.06. The summed E-state index contributed by atoms with van der Waals surface area (Å²) in [4.78, 5) is 0. The molecule has 2 heteroatoms. The van der Waals surface area contributed by atoms with Crippen molar-refractivity contribution in [3.8, 4) is 12.3 Å². The number of benzene rings is 2. The molecule has 19 heavy (non-hydrogen) atoms. The molecule has 0 spiro atoms. The quantitative estimate of drug-likeness (QED) is 0.855. The van der Waals surface area contributed by atoms with E-state index in [9.17, 15) is 0 Å². The SMILES string of the molecule is C#CCC(CN)(c1ccccc1)c1ccc(Br)cc1. The molecule has 1 nitrogen and oxygen atoms in total. The van der Waals surface area contributed by atoms with Crippen molar-refractivity contribution < 1.29 is 0 Å². The largest absolute Gasteiger partial charge is 0.329 e. The molecule has 0 radical (unpaired) electrons. The normalized spacial score (nSPS) is 13.5. The Balaban J connectivity index is 2.58.